The summed E-state index contributed by atoms with van der Waals surface area (Å²) in [5.41, 5.74) is 1.11. The van der Waals surface area contributed by atoms with Crippen molar-refractivity contribution in [3.05, 3.63) is 54.7 Å². The second kappa shape index (κ2) is 4.99. The molecule has 0 amide bonds. The second-order valence-corrected chi connectivity index (χ2v) is 6.55. The van der Waals surface area contributed by atoms with Gasteiger partial charge in [-0.2, -0.15) is 22.8 Å². The standard InChI is InChI=1S/C14H10N6O2S/c21-23(22,10-5-2-1-3-6-10)20-13-8-4-7-11(12(13)9-15-20)14-16-18-19-17-14/h1-9H,(H,16,17,18,19). The first-order valence-corrected chi connectivity index (χ1v) is 8.13. The zero-order valence-electron chi connectivity index (χ0n) is 11.7. The van der Waals surface area contributed by atoms with Crippen LogP contribution in [0, 0.1) is 0 Å². The van der Waals surface area contributed by atoms with Crippen molar-refractivity contribution in [1.82, 2.24) is 29.8 Å². The van der Waals surface area contributed by atoms with E-state index in [2.05, 4.69) is 25.7 Å². The van der Waals surface area contributed by atoms with Crippen LogP contribution in [0.4, 0.5) is 0 Å². The molecule has 4 rings (SSSR count). The molecule has 2 aromatic carbocycles. The Labute approximate surface area is 130 Å². The van der Waals surface area contributed by atoms with E-state index < -0.39 is 10.0 Å². The Morgan fingerprint density at radius 3 is 2.57 bits per heavy atom. The third kappa shape index (κ3) is 2.09. The van der Waals surface area contributed by atoms with Crippen molar-refractivity contribution in [3.63, 3.8) is 0 Å². The summed E-state index contributed by atoms with van der Waals surface area (Å²) in [6.45, 7) is 0. The van der Waals surface area contributed by atoms with Crippen molar-refractivity contribution < 1.29 is 8.42 Å². The molecular formula is C14H10N6O2S. The monoisotopic (exact) mass is 326 g/mol. The Bertz CT molecular complexity index is 1070. The van der Waals surface area contributed by atoms with Gasteiger partial charge in [-0.25, -0.2) is 0 Å². The Morgan fingerprint density at radius 2 is 1.83 bits per heavy atom. The number of nitrogens with zero attached hydrogens (tertiary/aromatic N) is 5. The summed E-state index contributed by atoms with van der Waals surface area (Å²) in [6, 6.07) is 13.4. The van der Waals surface area contributed by atoms with E-state index >= 15 is 0 Å². The molecule has 0 aliphatic carbocycles. The van der Waals surface area contributed by atoms with Crippen LogP contribution in [0.2, 0.25) is 0 Å². The molecule has 114 valence electrons. The van der Waals surface area contributed by atoms with Crippen LogP contribution in [0.15, 0.2) is 59.6 Å². The molecule has 8 nitrogen and oxygen atoms in total. The molecule has 0 unspecified atom stereocenters. The van der Waals surface area contributed by atoms with E-state index in [4.69, 9.17) is 0 Å². The number of rotatable bonds is 3. The Hall–Kier alpha value is -3.07. The Morgan fingerprint density at radius 1 is 1.00 bits per heavy atom. The van der Waals surface area contributed by atoms with Crippen LogP contribution < -0.4 is 0 Å². The molecule has 1 N–H and O–H groups in total. The minimum atomic E-state index is -3.77. The van der Waals surface area contributed by atoms with Crippen LogP contribution in [-0.2, 0) is 10.0 Å². The van der Waals surface area contributed by atoms with Crippen LogP contribution in [0.1, 0.15) is 0 Å². The number of H-pyrrole nitrogens is 1. The normalized spacial score (nSPS) is 11.8. The Balaban J connectivity index is 1.96. The molecule has 9 heteroatoms. The van der Waals surface area contributed by atoms with Crippen LogP contribution in [0.3, 0.4) is 0 Å². The zero-order valence-corrected chi connectivity index (χ0v) is 12.5. The van der Waals surface area contributed by atoms with E-state index in [-0.39, 0.29) is 4.90 Å². The number of fused-ring (bicyclic) bond motifs is 1. The summed E-state index contributed by atoms with van der Waals surface area (Å²) in [6.07, 6.45) is 1.49. The lowest BCUT2D eigenvalue weighted by molar-refractivity contribution is 0.582. The van der Waals surface area contributed by atoms with Crippen molar-refractivity contribution in [2.45, 2.75) is 4.90 Å². The largest absolute Gasteiger partial charge is 0.283 e. The van der Waals surface area contributed by atoms with E-state index in [0.29, 0.717) is 22.3 Å². The van der Waals surface area contributed by atoms with Gasteiger partial charge >= 0.3 is 0 Å². The van der Waals surface area contributed by atoms with Crippen molar-refractivity contribution in [1.29, 1.82) is 0 Å². The fraction of sp³-hybridized carbons (Fsp3) is 0. The van der Waals surface area contributed by atoms with Crippen LogP contribution in [0.25, 0.3) is 22.3 Å². The lowest BCUT2D eigenvalue weighted by Gasteiger charge is -2.06. The summed E-state index contributed by atoms with van der Waals surface area (Å²) < 4.78 is 26.5. The molecule has 0 aliphatic heterocycles. The van der Waals surface area contributed by atoms with Gasteiger partial charge in [0.05, 0.1) is 16.6 Å². The van der Waals surface area contributed by atoms with Crippen molar-refractivity contribution in [3.8, 4) is 11.4 Å². The number of hydrogen-bond acceptors (Lipinski definition) is 6. The van der Waals surface area contributed by atoms with Crippen molar-refractivity contribution in [2.75, 3.05) is 0 Å². The summed E-state index contributed by atoms with van der Waals surface area (Å²) in [7, 11) is -3.77. The highest BCUT2D eigenvalue weighted by Gasteiger charge is 2.21. The summed E-state index contributed by atoms with van der Waals surface area (Å²) in [4.78, 5) is 0.176. The highest BCUT2D eigenvalue weighted by molar-refractivity contribution is 7.90. The first kappa shape index (κ1) is 13.6. The molecule has 0 radical (unpaired) electrons. The number of tetrazole rings is 1. The van der Waals surface area contributed by atoms with Crippen LogP contribution in [0.5, 0.6) is 0 Å². The maximum atomic E-state index is 12.8. The molecule has 23 heavy (non-hydrogen) atoms. The number of benzene rings is 2. The Kier molecular flexibility index (Phi) is 2.95. The maximum Gasteiger partial charge on any atom is 0.283 e. The predicted octanol–water partition coefficient (Wildman–Crippen LogP) is 1.45. The maximum absolute atomic E-state index is 12.8. The average molecular weight is 326 g/mol. The van der Waals surface area contributed by atoms with Gasteiger partial charge in [0.25, 0.3) is 10.0 Å². The molecule has 2 aromatic heterocycles. The van der Waals surface area contributed by atoms with Gasteiger partial charge in [0.1, 0.15) is 0 Å². The molecule has 0 bridgehead atoms. The number of nitrogens with one attached hydrogen (secondary N) is 1. The first-order chi connectivity index (χ1) is 11.2. The van der Waals surface area contributed by atoms with Crippen LogP contribution >= 0.6 is 0 Å². The molecule has 0 aliphatic rings. The molecule has 0 atom stereocenters. The fourth-order valence-electron chi connectivity index (χ4n) is 2.38. The molecule has 0 saturated heterocycles. The van der Waals surface area contributed by atoms with Gasteiger partial charge in [-0.3, -0.25) is 0 Å². The zero-order chi connectivity index (χ0) is 15.9. The molecule has 0 fully saturated rings. The minimum Gasteiger partial charge on any atom is -0.199 e. The van der Waals surface area contributed by atoms with E-state index in [1.807, 2.05) is 0 Å². The molecule has 4 aromatic rings. The topological polar surface area (TPSA) is 106 Å². The third-order valence-corrected chi connectivity index (χ3v) is 5.05. The highest BCUT2D eigenvalue weighted by atomic mass is 32.2. The predicted molar refractivity (Wildman–Crippen MR) is 81.9 cm³/mol. The van der Waals surface area contributed by atoms with Gasteiger partial charge < -0.3 is 0 Å². The third-order valence-electron chi connectivity index (χ3n) is 3.44. The molecular weight excluding hydrogens is 316 g/mol. The smallest absolute Gasteiger partial charge is 0.199 e. The molecule has 0 saturated carbocycles. The molecule has 2 heterocycles. The van der Waals surface area contributed by atoms with Crippen molar-refractivity contribution >= 4 is 20.9 Å². The van der Waals surface area contributed by atoms with Gasteiger partial charge in [-0.05, 0) is 23.4 Å². The quantitative estimate of drug-likeness (QED) is 0.611. The SMILES string of the molecule is O=S(=O)(c1ccccc1)n1ncc2c(-c3nn[nH]n3)cccc21. The first-order valence-electron chi connectivity index (χ1n) is 6.69. The van der Waals surface area contributed by atoms with Gasteiger partial charge in [0, 0.05) is 10.9 Å². The van der Waals surface area contributed by atoms with Gasteiger partial charge in [0.2, 0.25) is 5.82 Å². The van der Waals surface area contributed by atoms with E-state index in [1.54, 1.807) is 36.4 Å². The van der Waals surface area contributed by atoms with E-state index in [1.165, 1.54) is 18.3 Å². The average Bonchev–Trinajstić information content (AvgIpc) is 3.25. The summed E-state index contributed by atoms with van der Waals surface area (Å²) >= 11 is 0. The van der Waals surface area contributed by atoms with E-state index in [9.17, 15) is 8.42 Å². The van der Waals surface area contributed by atoms with Gasteiger partial charge in [-0.1, -0.05) is 30.3 Å². The minimum absolute atomic E-state index is 0.176. The number of aromatic nitrogens is 6. The molecule has 0 spiro atoms. The summed E-state index contributed by atoms with van der Waals surface area (Å²) in [5, 5.41) is 18.5. The van der Waals surface area contributed by atoms with E-state index in [0.717, 1.165) is 4.09 Å². The van der Waals surface area contributed by atoms with Gasteiger partial charge in [0.15, 0.2) is 0 Å². The number of aromatic amines is 1. The number of hydrogen-bond donors (Lipinski definition) is 1. The summed E-state index contributed by atoms with van der Waals surface area (Å²) in [5.74, 6) is 0.382. The second-order valence-electron chi connectivity index (χ2n) is 4.78. The lowest BCUT2D eigenvalue weighted by Crippen LogP contribution is -2.14. The lowest BCUT2D eigenvalue weighted by atomic mass is 10.1. The van der Waals surface area contributed by atoms with Crippen molar-refractivity contribution in [2.24, 2.45) is 0 Å². The fourth-order valence-corrected chi connectivity index (χ4v) is 3.67. The van der Waals surface area contributed by atoms with Gasteiger partial charge in [-0.15, -0.1) is 10.2 Å². The van der Waals surface area contributed by atoms with Crippen LogP contribution in [-0.4, -0.2) is 38.2 Å². The highest BCUT2D eigenvalue weighted by Crippen LogP contribution is 2.27.